The Labute approximate surface area is 243 Å². The summed E-state index contributed by atoms with van der Waals surface area (Å²) in [5.74, 6) is 6.20. The van der Waals surface area contributed by atoms with Crippen molar-refractivity contribution < 1.29 is 131 Å². The Hall–Kier alpha value is 4.42. The molecule has 4 heteroatoms. The Kier molecular flexibility index (Phi) is 56.1. The second-order valence-electron chi connectivity index (χ2n) is 6.62. The number of rotatable bonds is 0. The minimum absolute atomic E-state index is 0. The molecule has 0 aromatic heterocycles. The van der Waals surface area contributed by atoms with Crippen LogP contribution < -0.4 is 0 Å². The van der Waals surface area contributed by atoms with Crippen LogP contribution in [0.4, 0.5) is 0 Å². The van der Waals surface area contributed by atoms with E-state index in [1.807, 2.05) is 0 Å². The fourth-order valence-corrected chi connectivity index (χ4v) is 1.06. The van der Waals surface area contributed by atoms with Crippen LogP contribution in [0.1, 0.15) is 93.9 Å². The maximum Gasteiger partial charge on any atom is 0 e. The van der Waals surface area contributed by atoms with E-state index < -0.39 is 0 Å². The summed E-state index contributed by atoms with van der Waals surface area (Å²) >= 11 is 0. The molecule has 2 saturated carbocycles. The Morgan fingerprint density at radius 2 is 0.591 bits per heavy atom. The average Bonchev–Trinajstić information content (AvgIpc) is 2.10. The molecule has 2 rings (SSSR count). The quantitative estimate of drug-likeness (QED) is 0.267. The molecule has 4 radical (unpaired) electrons. The first-order valence-electron chi connectivity index (χ1n) is 7.41. The van der Waals surface area contributed by atoms with Crippen molar-refractivity contribution in [1.82, 2.24) is 0 Å². The Bertz CT molecular complexity index is 130. The minimum Gasteiger partial charge on any atom is -0.323 e. The standard InChI is InChI=1S/2C5H9.2C4H9.4Y/c2*1-5-3-2-4-5;2*1-4(2)3;;;;/h2*2-4H2,1H3;2*1-3H3;;;;/q4*-1;;;;. The molecule has 0 aliphatic heterocycles. The summed E-state index contributed by atoms with van der Waals surface area (Å²) in [6, 6.07) is 0. The van der Waals surface area contributed by atoms with Crippen molar-refractivity contribution in [3.63, 3.8) is 0 Å². The van der Waals surface area contributed by atoms with E-state index >= 15 is 0 Å². The summed E-state index contributed by atoms with van der Waals surface area (Å²) in [5, 5.41) is 0. The molecule has 0 heterocycles. The summed E-state index contributed by atoms with van der Waals surface area (Å²) in [6.45, 7) is 17.0. The smallest absolute Gasteiger partial charge is 0 e. The second-order valence-corrected chi connectivity index (χ2v) is 6.62. The van der Waals surface area contributed by atoms with Crippen molar-refractivity contribution in [3.05, 3.63) is 23.7 Å². The van der Waals surface area contributed by atoms with Gasteiger partial charge < -0.3 is 23.7 Å². The average molecular weight is 608 g/mol. The zero-order chi connectivity index (χ0) is 14.6. The van der Waals surface area contributed by atoms with E-state index in [9.17, 15) is 0 Å². The van der Waals surface area contributed by atoms with Gasteiger partial charge in [-0.05, 0) is 0 Å². The van der Waals surface area contributed by atoms with E-state index in [1.54, 1.807) is 11.8 Å². The maximum atomic E-state index is 2.23. The summed E-state index contributed by atoms with van der Waals surface area (Å²) < 4.78 is 0. The van der Waals surface area contributed by atoms with Crippen molar-refractivity contribution in [2.45, 2.75) is 93.9 Å². The molecule has 2 fully saturated rings. The van der Waals surface area contributed by atoms with Gasteiger partial charge >= 0.3 is 0 Å². The summed E-state index contributed by atoms with van der Waals surface area (Å²) in [5.41, 5.74) is 0. The van der Waals surface area contributed by atoms with Crippen LogP contribution in [0.3, 0.4) is 0 Å². The zero-order valence-electron chi connectivity index (χ0n) is 16.6. The predicted octanol–water partition coefficient (Wildman–Crippen LogP) is 6.76. The van der Waals surface area contributed by atoms with Gasteiger partial charge in [0, 0.05) is 131 Å². The van der Waals surface area contributed by atoms with Crippen LogP contribution >= 0.6 is 0 Å². The monoisotopic (exact) mass is 608 g/mol. The maximum absolute atomic E-state index is 2.23. The number of hydrogen-bond acceptors (Lipinski definition) is 0. The first kappa shape index (κ1) is 40.9. The van der Waals surface area contributed by atoms with Crippen molar-refractivity contribution >= 4 is 0 Å². The van der Waals surface area contributed by atoms with Crippen molar-refractivity contribution in [1.29, 1.82) is 0 Å². The van der Waals surface area contributed by atoms with Crippen LogP contribution in [0.2, 0.25) is 0 Å². The predicted molar refractivity (Wildman–Crippen MR) is 86.1 cm³/mol. The van der Waals surface area contributed by atoms with E-state index in [-0.39, 0.29) is 131 Å². The van der Waals surface area contributed by atoms with Gasteiger partial charge in [-0.3, -0.25) is 0 Å². The Balaban J connectivity index is -0.0000000369. The van der Waals surface area contributed by atoms with E-state index in [4.69, 9.17) is 0 Å². The van der Waals surface area contributed by atoms with Crippen molar-refractivity contribution in [2.75, 3.05) is 0 Å². The van der Waals surface area contributed by atoms with E-state index in [1.165, 1.54) is 50.4 Å². The van der Waals surface area contributed by atoms with Crippen LogP contribution in [0.25, 0.3) is 0 Å². The number of hydrogen-bond donors (Lipinski definition) is 0. The third kappa shape index (κ3) is 49.7. The summed E-state index contributed by atoms with van der Waals surface area (Å²) in [4.78, 5) is 0. The molecule has 0 nitrogen and oxygen atoms in total. The first-order valence-corrected chi connectivity index (χ1v) is 7.41. The molecule has 22 heavy (non-hydrogen) atoms. The van der Waals surface area contributed by atoms with Gasteiger partial charge in [-0.15, -0.1) is 12.8 Å². The molecular weight excluding hydrogens is 572 g/mol. The van der Waals surface area contributed by atoms with Gasteiger partial charge in [0.15, 0.2) is 0 Å². The summed E-state index contributed by atoms with van der Waals surface area (Å²) in [6.07, 6.45) is 8.51. The van der Waals surface area contributed by atoms with E-state index in [0.29, 0.717) is 0 Å². The van der Waals surface area contributed by atoms with E-state index in [2.05, 4.69) is 55.4 Å². The van der Waals surface area contributed by atoms with Gasteiger partial charge in [-0.25, -0.2) is 0 Å². The molecular formula is C18H36Y4-4. The largest absolute Gasteiger partial charge is 0.323 e. The van der Waals surface area contributed by atoms with Gasteiger partial charge in [0.2, 0.25) is 0 Å². The van der Waals surface area contributed by atoms with Crippen LogP contribution in [0.15, 0.2) is 0 Å². The van der Waals surface area contributed by atoms with Gasteiger partial charge in [0.1, 0.15) is 0 Å². The first-order chi connectivity index (χ1) is 8.25. The molecule has 0 aromatic carbocycles. The summed E-state index contributed by atoms with van der Waals surface area (Å²) in [7, 11) is 0. The van der Waals surface area contributed by atoms with Crippen LogP contribution in [0, 0.1) is 23.7 Å². The fraction of sp³-hybridized carbons (Fsp3) is 0.778. The normalized spacial score (nSPS) is 15.0. The topological polar surface area (TPSA) is 0 Å². The van der Waals surface area contributed by atoms with Crippen molar-refractivity contribution in [3.8, 4) is 0 Å². The zero-order valence-corrected chi connectivity index (χ0v) is 27.9. The SMILES string of the molecule is C[C-](C)C.C[C-](C)C.C[C-]1CCC1.C[C-]1CCC1.[Y].[Y].[Y].[Y]. The van der Waals surface area contributed by atoms with Gasteiger partial charge in [-0.2, -0.15) is 81.1 Å². The molecule has 2 aliphatic rings. The fourth-order valence-electron chi connectivity index (χ4n) is 1.06. The molecule has 2 aliphatic carbocycles. The van der Waals surface area contributed by atoms with Crippen LogP contribution in [0.5, 0.6) is 0 Å². The van der Waals surface area contributed by atoms with Gasteiger partial charge in [0.05, 0.1) is 0 Å². The minimum atomic E-state index is 0. The second kappa shape index (κ2) is 30.2. The molecule has 124 valence electrons. The molecule has 0 saturated heterocycles. The molecule has 0 unspecified atom stereocenters. The third-order valence-electron chi connectivity index (χ3n) is 2.41. The molecule has 0 spiro atoms. The molecule has 0 aromatic rings. The van der Waals surface area contributed by atoms with Gasteiger partial charge in [-0.1, -0.05) is 0 Å². The Morgan fingerprint density at radius 3 is 0.591 bits per heavy atom. The third-order valence-corrected chi connectivity index (χ3v) is 2.41. The van der Waals surface area contributed by atoms with Crippen LogP contribution in [-0.2, 0) is 131 Å². The van der Waals surface area contributed by atoms with E-state index in [0.717, 1.165) is 0 Å². The molecule has 0 N–H and O–H groups in total. The van der Waals surface area contributed by atoms with Gasteiger partial charge in [0.25, 0.3) is 0 Å². The van der Waals surface area contributed by atoms with Crippen molar-refractivity contribution in [2.24, 2.45) is 0 Å². The molecule has 0 bridgehead atoms. The Morgan fingerprint density at radius 1 is 0.500 bits per heavy atom. The molecule has 0 amide bonds. The molecule has 0 atom stereocenters. The van der Waals surface area contributed by atoms with Crippen LogP contribution in [-0.4, -0.2) is 0 Å².